The fourth-order valence-electron chi connectivity index (χ4n) is 2.76. The number of benzene rings is 1. The van der Waals surface area contributed by atoms with Gasteiger partial charge in [-0.1, -0.05) is 39.0 Å². The summed E-state index contributed by atoms with van der Waals surface area (Å²) in [6.45, 7) is 11.2. The van der Waals surface area contributed by atoms with Crippen molar-refractivity contribution < 1.29 is 4.79 Å². The van der Waals surface area contributed by atoms with Crippen molar-refractivity contribution in [3.63, 3.8) is 0 Å². The van der Waals surface area contributed by atoms with Crippen molar-refractivity contribution in [3.05, 3.63) is 30.3 Å². The van der Waals surface area contributed by atoms with E-state index in [1.54, 1.807) is 0 Å². The van der Waals surface area contributed by atoms with Gasteiger partial charge in [0.2, 0.25) is 5.91 Å². The Bertz CT molecular complexity index is 450. The standard InChI is InChI=1S/C17H26N2O/c1-14-13-18(15-8-6-5-7-9-15)10-11-19(14)16(20)12-17(2,3)4/h5-9,14H,10-13H2,1-4H3. The first-order valence-electron chi connectivity index (χ1n) is 7.46. The van der Waals surface area contributed by atoms with E-state index in [9.17, 15) is 4.79 Å². The molecular weight excluding hydrogens is 248 g/mol. The van der Waals surface area contributed by atoms with E-state index in [4.69, 9.17) is 0 Å². The highest BCUT2D eigenvalue weighted by molar-refractivity contribution is 5.77. The van der Waals surface area contributed by atoms with Crippen LogP contribution in [0.4, 0.5) is 5.69 Å². The van der Waals surface area contributed by atoms with Crippen LogP contribution < -0.4 is 4.90 Å². The summed E-state index contributed by atoms with van der Waals surface area (Å²) in [4.78, 5) is 16.8. The monoisotopic (exact) mass is 274 g/mol. The van der Waals surface area contributed by atoms with E-state index in [2.05, 4.69) is 56.9 Å². The van der Waals surface area contributed by atoms with Gasteiger partial charge in [0.1, 0.15) is 0 Å². The Kier molecular flexibility index (Phi) is 4.36. The average Bonchev–Trinajstić information content (AvgIpc) is 2.37. The van der Waals surface area contributed by atoms with Crippen molar-refractivity contribution in [3.8, 4) is 0 Å². The van der Waals surface area contributed by atoms with E-state index < -0.39 is 0 Å². The van der Waals surface area contributed by atoms with Gasteiger partial charge in [-0.3, -0.25) is 4.79 Å². The second kappa shape index (κ2) is 5.86. The maximum Gasteiger partial charge on any atom is 0.223 e. The second-order valence-electron chi connectivity index (χ2n) is 6.96. The molecule has 20 heavy (non-hydrogen) atoms. The van der Waals surface area contributed by atoms with E-state index >= 15 is 0 Å². The van der Waals surface area contributed by atoms with Crippen molar-refractivity contribution in [2.24, 2.45) is 5.41 Å². The molecule has 0 bridgehead atoms. The van der Waals surface area contributed by atoms with Crippen molar-refractivity contribution in [2.45, 2.75) is 40.2 Å². The predicted molar refractivity (Wildman–Crippen MR) is 83.9 cm³/mol. The van der Waals surface area contributed by atoms with Gasteiger partial charge in [0.05, 0.1) is 0 Å². The molecule has 0 aliphatic carbocycles. The summed E-state index contributed by atoms with van der Waals surface area (Å²) in [5.74, 6) is 0.290. The molecule has 0 radical (unpaired) electrons. The van der Waals surface area contributed by atoms with Crippen molar-refractivity contribution >= 4 is 11.6 Å². The summed E-state index contributed by atoms with van der Waals surface area (Å²) in [6, 6.07) is 10.7. The molecule has 1 saturated heterocycles. The van der Waals surface area contributed by atoms with Crippen LogP contribution in [0.3, 0.4) is 0 Å². The fraction of sp³-hybridized carbons (Fsp3) is 0.588. The highest BCUT2D eigenvalue weighted by atomic mass is 16.2. The van der Waals surface area contributed by atoms with Crippen LogP contribution in [-0.2, 0) is 4.79 Å². The third-order valence-corrected chi connectivity index (χ3v) is 3.75. The Morgan fingerprint density at radius 3 is 2.40 bits per heavy atom. The van der Waals surface area contributed by atoms with E-state index in [0.29, 0.717) is 6.42 Å². The molecule has 3 heteroatoms. The van der Waals surface area contributed by atoms with Crippen LogP contribution in [-0.4, -0.2) is 36.5 Å². The molecule has 0 spiro atoms. The molecule has 2 rings (SSSR count). The van der Waals surface area contributed by atoms with Crippen molar-refractivity contribution in [1.82, 2.24) is 4.90 Å². The highest BCUT2D eigenvalue weighted by Gasteiger charge is 2.29. The minimum Gasteiger partial charge on any atom is -0.368 e. The first-order valence-corrected chi connectivity index (χ1v) is 7.46. The lowest BCUT2D eigenvalue weighted by Crippen LogP contribution is -2.54. The maximum absolute atomic E-state index is 12.4. The molecule has 1 aliphatic heterocycles. The van der Waals surface area contributed by atoms with Gasteiger partial charge in [0.15, 0.2) is 0 Å². The smallest absolute Gasteiger partial charge is 0.223 e. The Morgan fingerprint density at radius 1 is 1.20 bits per heavy atom. The Morgan fingerprint density at radius 2 is 1.85 bits per heavy atom. The number of hydrogen-bond acceptors (Lipinski definition) is 2. The SMILES string of the molecule is CC1CN(c2ccccc2)CCN1C(=O)CC(C)(C)C. The number of nitrogens with zero attached hydrogens (tertiary/aromatic N) is 2. The van der Waals surface area contributed by atoms with Gasteiger partial charge in [0.25, 0.3) is 0 Å². The molecule has 1 aromatic rings. The summed E-state index contributed by atoms with van der Waals surface area (Å²) in [7, 11) is 0. The zero-order chi connectivity index (χ0) is 14.8. The van der Waals surface area contributed by atoms with Crippen LogP contribution in [0.1, 0.15) is 34.1 Å². The van der Waals surface area contributed by atoms with E-state index in [0.717, 1.165) is 19.6 Å². The van der Waals surface area contributed by atoms with Crippen molar-refractivity contribution in [1.29, 1.82) is 0 Å². The third kappa shape index (κ3) is 3.75. The van der Waals surface area contributed by atoms with Crippen LogP contribution in [0.5, 0.6) is 0 Å². The Hall–Kier alpha value is -1.51. The van der Waals surface area contributed by atoms with Crippen LogP contribution >= 0.6 is 0 Å². The van der Waals surface area contributed by atoms with Gasteiger partial charge in [-0.2, -0.15) is 0 Å². The number of amides is 1. The number of para-hydroxylation sites is 1. The molecule has 3 nitrogen and oxygen atoms in total. The molecular formula is C17H26N2O. The largest absolute Gasteiger partial charge is 0.368 e. The molecule has 0 aromatic heterocycles. The molecule has 1 aliphatic rings. The number of anilines is 1. The Labute approximate surface area is 122 Å². The molecule has 1 aromatic carbocycles. The normalized spacial score (nSPS) is 20.1. The van der Waals surface area contributed by atoms with Crippen LogP contribution in [0.2, 0.25) is 0 Å². The first-order chi connectivity index (χ1) is 9.37. The molecule has 1 heterocycles. The number of rotatable bonds is 2. The lowest BCUT2D eigenvalue weighted by atomic mass is 9.91. The van der Waals surface area contributed by atoms with Gasteiger partial charge in [0, 0.05) is 37.8 Å². The van der Waals surface area contributed by atoms with Crippen molar-refractivity contribution in [2.75, 3.05) is 24.5 Å². The lowest BCUT2D eigenvalue weighted by Gasteiger charge is -2.41. The van der Waals surface area contributed by atoms with Gasteiger partial charge < -0.3 is 9.80 Å². The van der Waals surface area contributed by atoms with Gasteiger partial charge in [-0.05, 0) is 24.5 Å². The minimum atomic E-state index is 0.0629. The minimum absolute atomic E-state index is 0.0629. The van der Waals surface area contributed by atoms with Gasteiger partial charge in [-0.15, -0.1) is 0 Å². The molecule has 110 valence electrons. The summed E-state index contributed by atoms with van der Waals surface area (Å²) >= 11 is 0. The molecule has 1 fully saturated rings. The zero-order valence-electron chi connectivity index (χ0n) is 13.1. The quantitative estimate of drug-likeness (QED) is 0.827. The number of hydrogen-bond donors (Lipinski definition) is 0. The van der Waals surface area contributed by atoms with E-state index in [-0.39, 0.29) is 17.4 Å². The number of carbonyl (C=O) groups is 1. The fourth-order valence-corrected chi connectivity index (χ4v) is 2.76. The van der Waals surface area contributed by atoms with Gasteiger partial charge in [-0.25, -0.2) is 0 Å². The predicted octanol–water partition coefficient (Wildman–Crippen LogP) is 3.16. The Balaban J connectivity index is 1.98. The van der Waals surface area contributed by atoms with E-state index in [1.807, 2.05) is 11.0 Å². The summed E-state index contributed by atoms with van der Waals surface area (Å²) in [6.07, 6.45) is 0.628. The number of piperazine rings is 1. The number of carbonyl (C=O) groups excluding carboxylic acids is 1. The molecule has 1 unspecified atom stereocenters. The molecule has 0 N–H and O–H groups in total. The summed E-state index contributed by atoms with van der Waals surface area (Å²) in [5.41, 5.74) is 1.31. The summed E-state index contributed by atoms with van der Waals surface area (Å²) in [5, 5.41) is 0. The molecule has 1 atom stereocenters. The highest BCUT2D eigenvalue weighted by Crippen LogP contribution is 2.23. The third-order valence-electron chi connectivity index (χ3n) is 3.75. The average molecular weight is 274 g/mol. The van der Waals surface area contributed by atoms with Crippen LogP contribution in [0.25, 0.3) is 0 Å². The zero-order valence-corrected chi connectivity index (χ0v) is 13.1. The van der Waals surface area contributed by atoms with Crippen LogP contribution in [0, 0.1) is 5.41 Å². The van der Waals surface area contributed by atoms with Gasteiger partial charge >= 0.3 is 0 Å². The maximum atomic E-state index is 12.4. The van der Waals surface area contributed by atoms with Crippen LogP contribution in [0.15, 0.2) is 30.3 Å². The lowest BCUT2D eigenvalue weighted by molar-refractivity contribution is -0.135. The molecule has 1 amide bonds. The summed E-state index contributed by atoms with van der Waals surface area (Å²) < 4.78 is 0. The molecule has 0 saturated carbocycles. The topological polar surface area (TPSA) is 23.6 Å². The second-order valence-corrected chi connectivity index (χ2v) is 6.96. The van der Waals surface area contributed by atoms with E-state index in [1.165, 1.54) is 5.69 Å². The first kappa shape index (κ1) is 14.9.